The quantitative estimate of drug-likeness (QED) is 0.393. The van der Waals surface area contributed by atoms with Gasteiger partial charge in [-0.2, -0.15) is 13.2 Å². The third-order valence-corrected chi connectivity index (χ3v) is 2.38. The number of oxime groups is 1. The first-order chi connectivity index (χ1) is 9.91. The summed E-state index contributed by atoms with van der Waals surface area (Å²) in [6.07, 6.45) is -1.88. The number of halogens is 3. The van der Waals surface area contributed by atoms with E-state index in [4.69, 9.17) is 15.7 Å². The Morgan fingerprint density at radius 3 is 2.62 bits per heavy atom. The van der Waals surface area contributed by atoms with E-state index in [0.29, 0.717) is 6.07 Å². The van der Waals surface area contributed by atoms with Gasteiger partial charge in [0.1, 0.15) is 11.4 Å². The van der Waals surface area contributed by atoms with Gasteiger partial charge in [-0.25, -0.2) is 4.98 Å². The Kier molecular flexibility index (Phi) is 3.92. The minimum Gasteiger partial charge on any atom is -0.437 e. The van der Waals surface area contributed by atoms with Crippen molar-refractivity contribution in [1.82, 2.24) is 9.97 Å². The van der Waals surface area contributed by atoms with Crippen LogP contribution in [-0.2, 0) is 6.18 Å². The molecular formula is C12H9F3N4O2. The van der Waals surface area contributed by atoms with E-state index >= 15 is 0 Å². The average molecular weight is 298 g/mol. The molecule has 6 nitrogen and oxygen atoms in total. The summed E-state index contributed by atoms with van der Waals surface area (Å²) >= 11 is 0. The summed E-state index contributed by atoms with van der Waals surface area (Å²) in [7, 11) is 0. The molecule has 0 aliphatic rings. The van der Waals surface area contributed by atoms with Gasteiger partial charge in [0.05, 0.1) is 11.8 Å². The van der Waals surface area contributed by atoms with Gasteiger partial charge in [0.25, 0.3) is 0 Å². The predicted molar refractivity (Wildman–Crippen MR) is 66.1 cm³/mol. The second kappa shape index (κ2) is 5.65. The summed E-state index contributed by atoms with van der Waals surface area (Å²) in [4.78, 5) is 7.12. The number of nitrogens with zero attached hydrogens (tertiary/aromatic N) is 3. The maximum Gasteiger partial charge on any atom is 0.433 e. The lowest BCUT2D eigenvalue weighted by atomic mass is 10.2. The van der Waals surface area contributed by atoms with Crippen LogP contribution in [0.1, 0.15) is 11.3 Å². The maximum absolute atomic E-state index is 12.7. The topological polar surface area (TPSA) is 93.6 Å². The lowest BCUT2D eigenvalue weighted by Crippen LogP contribution is -2.17. The van der Waals surface area contributed by atoms with Crippen molar-refractivity contribution < 1.29 is 23.1 Å². The monoisotopic (exact) mass is 298 g/mol. The molecule has 2 heterocycles. The van der Waals surface area contributed by atoms with Crippen molar-refractivity contribution >= 4 is 5.84 Å². The molecule has 0 spiro atoms. The van der Waals surface area contributed by atoms with Gasteiger partial charge in [-0.05, 0) is 24.3 Å². The Hall–Kier alpha value is -2.84. The second-order valence-electron chi connectivity index (χ2n) is 3.82. The van der Waals surface area contributed by atoms with Crippen LogP contribution in [0.5, 0.6) is 11.6 Å². The molecule has 9 heteroatoms. The molecule has 0 bridgehead atoms. The molecule has 0 saturated heterocycles. The molecule has 2 rings (SSSR count). The summed E-state index contributed by atoms with van der Waals surface area (Å²) in [6, 6.07) is 4.73. The van der Waals surface area contributed by atoms with Gasteiger partial charge in [0.2, 0.25) is 5.88 Å². The predicted octanol–water partition coefficient (Wildman–Crippen LogP) is 2.38. The highest BCUT2D eigenvalue weighted by Gasteiger charge is 2.33. The molecule has 2 aromatic heterocycles. The molecule has 0 amide bonds. The van der Waals surface area contributed by atoms with Gasteiger partial charge in [-0.3, -0.25) is 4.98 Å². The van der Waals surface area contributed by atoms with Gasteiger partial charge in [0.15, 0.2) is 5.84 Å². The van der Waals surface area contributed by atoms with Crippen LogP contribution in [0.3, 0.4) is 0 Å². The zero-order valence-electron chi connectivity index (χ0n) is 10.4. The van der Waals surface area contributed by atoms with Crippen LogP contribution >= 0.6 is 0 Å². The summed E-state index contributed by atoms with van der Waals surface area (Å²) in [5.41, 5.74) is 4.16. The number of pyridine rings is 2. The summed E-state index contributed by atoms with van der Waals surface area (Å²) in [5.74, 6) is -0.695. The van der Waals surface area contributed by atoms with Gasteiger partial charge in [-0.15, -0.1) is 0 Å². The van der Waals surface area contributed by atoms with Crippen molar-refractivity contribution in [3.63, 3.8) is 0 Å². The Morgan fingerprint density at radius 1 is 1.29 bits per heavy atom. The maximum atomic E-state index is 12.7. The molecule has 0 atom stereocenters. The molecule has 0 aromatic carbocycles. The molecule has 2 aromatic rings. The van der Waals surface area contributed by atoms with E-state index in [1.807, 2.05) is 0 Å². The van der Waals surface area contributed by atoms with Crippen LogP contribution < -0.4 is 10.5 Å². The third-order valence-electron chi connectivity index (χ3n) is 2.38. The largest absolute Gasteiger partial charge is 0.437 e. The van der Waals surface area contributed by atoms with Crippen molar-refractivity contribution in [2.45, 2.75) is 6.18 Å². The first-order valence-corrected chi connectivity index (χ1v) is 5.56. The van der Waals surface area contributed by atoms with E-state index < -0.39 is 23.6 Å². The fourth-order valence-corrected chi connectivity index (χ4v) is 1.44. The Bertz CT molecular complexity index is 659. The van der Waals surface area contributed by atoms with E-state index in [1.165, 1.54) is 24.5 Å². The first kappa shape index (κ1) is 14.6. The summed E-state index contributed by atoms with van der Waals surface area (Å²) in [5, 5.41) is 11.4. The highest BCUT2D eigenvalue weighted by molar-refractivity contribution is 5.99. The number of rotatable bonds is 3. The van der Waals surface area contributed by atoms with E-state index in [9.17, 15) is 13.2 Å². The smallest absolute Gasteiger partial charge is 0.433 e. The number of hydrogen-bond acceptors (Lipinski definition) is 5. The van der Waals surface area contributed by atoms with Crippen LogP contribution in [0.4, 0.5) is 13.2 Å². The average Bonchev–Trinajstić information content (AvgIpc) is 2.46. The van der Waals surface area contributed by atoms with Gasteiger partial charge in [-0.1, -0.05) is 5.16 Å². The Balaban J connectivity index is 2.48. The molecule has 0 radical (unpaired) electrons. The minimum atomic E-state index is -4.64. The second-order valence-corrected chi connectivity index (χ2v) is 3.82. The SMILES string of the molecule is NC(=NO)c1ccc(C(F)(F)F)nc1Oc1cccnc1. The van der Waals surface area contributed by atoms with Gasteiger partial charge in [0, 0.05) is 6.20 Å². The van der Waals surface area contributed by atoms with Crippen LogP contribution in [0, 0.1) is 0 Å². The summed E-state index contributed by atoms with van der Waals surface area (Å²) in [6.45, 7) is 0. The van der Waals surface area contributed by atoms with Crippen molar-refractivity contribution in [1.29, 1.82) is 0 Å². The number of alkyl halides is 3. The number of amidine groups is 1. The van der Waals surface area contributed by atoms with Gasteiger partial charge < -0.3 is 15.7 Å². The van der Waals surface area contributed by atoms with E-state index in [0.717, 1.165) is 6.07 Å². The molecule has 0 fully saturated rings. The van der Waals surface area contributed by atoms with Crippen LogP contribution in [0.2, 0.25) is 0 Å². The third kappa shape index (κ3) is 3.38. The molecule has 0 saturated carbocycles. The molecular weight excluding hydrogens is 289 g/mol. The Labute approximate surface area is 116 Å². The summed E-state index contributed by atoms with van der Waals surface area (Å²) < 4.78 is 43.3. The zero-order chi connectivity index (χ0) is 15.5. The lowest BCUT2D eigenvalue weighted by molar-refractivity contribution is -0.141. The fraction of sp³-hybridized carbons (Fsp3) is 0.0833. The van der Waals surface area contributed by atoms with E-state index in [1.54, 1.807) is 0 Å². The van der Waals surface area contributed by atoms with Crippen molar-refractivity contribution in [3.05, 3.63) is 47.9 Å². The zero-order valence-corrected chi connectivity index (χ0v) is 10.4. The molecule has 21 heavy (non-hydrogen) atoms. The van der Waals surface area contributed by atoms with Gasteiger partial charge >= 0.3 is 6.18 Å². The van der Waals surface area contributed by atoms with Crippen molar-refractivity contribution in [2.24, 2.45) is 10.9 Å². The van der Waals surface area contributed by atoms with Crippen molar-refractivity contribution in [2.75, 3.05) is 0 Å². The minimum absolute atomic E-state index is 0.0747. The van der Waals surface area contributed by atoms with Crippen LogP contribution in [0.15, 0.2) is 41.8 Å². The molecule has 3 N–H and O–H groups in total. The molecule has 110 valence electrons. The molecule has 0 aliphatic carbocycles. The van der Waals surface area contributed by atoms with Crippen LogP contribution in [-0.4, -0.2) is 21.0 Å². The molecule has 0 unspecified atom stereocenters. The normalized spacial score (nSPS) is 12.2. The lowest BCUT2D eigenvalue weighted by Gasteiger charge is -2.12. The standard InChI is InChI=1S/C12H9F3N4O2/c13-12(14,15)9-4-3-8(10(16)19-20)11(18-9)21-7-2-1-5-17-6-7/h1-6,20H,(H2,16,19). The number of ether oxygens (including phenoxy) is 1. The number of hydrogen-bond donors (Lipinski definition) is 2. The highest BCUT2D eigenvalue weighted by atomic mass is 19.4. The Morgan fingerprint density at radius 2 is 2.05 bits per heavy atom. The number of nitrogens with two attached hydrogens (primary N) is 1. The fourth-order valence-electron chi connectivity index (χ4n) is 1.44. The van der Waals surface area contributed by atoms with E-state index in [2.05, 4.69) is 15.1 Å². The van der Waals surface area contributed by atoms with Crippen LogP contribution in [0.25, 0.3) is 0 Å². The molecule has 0 aliphatic heterocycles. The highest BCUT2D eigenvalue weighted by Crippen LogP contribution is 2.31. The van der Waals surface area contributed by atoms with Crippen molar-refractivity contribution in [3.8, 4) is 11.6 Å². The number of aromatic nitrogens is 2. The van der Waals surface area contributed by atoms with E-state index in [-0.39, 0.29) is 11.3 Å². The first-order valence-electron chi connectivity index (χ1n) is 5.56.